The van der Waals surface area contributed by atoms with Crippen molar-refractivity contribution in [2.45, 2.75) is 31.8 Å². The lowest BCUT2D eigenvalue weighted by Gasteiger charge is -2.26. The molecule has 2 atom stereocenters. The molecule has 126 valence electrons. The molecular weight excluding hydrogens is 316 g/mol. The van der Waals surface area contributed by atoms with Gasteiger partial charge < -0.3 is 10.2 Å². The Morgan fingerprint density at radius 1 is 1.30 bits per heavy atom. The number of amides is 2. The molecule has 1 fully saturated rings. The predicted octanol–water partition coefficient (Wildman–Crippen LogP) is 0.899. The SMILES string of the molecule is CC(=O)NC(CC(=O)N(C)C1CCS(=O)(=O)C1)c1ccccc1. The number of rotatable bonds is 5. The van der Waals surface area contributed by atoms with Crippen LogP contribution in [0.1, 0.15) is 31.4 Å². The van der Waals surface area contributed by atoms with Gasteiger partial charge in [0.15, 0.2) is 9.84 Å². The summed E-state index contributed by atoms with van der Waals surface area (Å²) in [6.07, 6.45) is 0.581. The molecule has 0 bridgehead atoms. The summed E-state index contributed by atoms with van der Waals surface area (Å²) >= 11 is 0. The third-order valence-corrected chi connectivity index (χ3v) is 5.86. The van der Waals surface area contributed by atoms with E-state index in [1.54, 1.807) is 7.05 Å². The summed E-state index contributed by atoms with van der Waals surface area (Å²) in [5.74, 6) is -0.235. The lowest BCUT2D eigenvalue weighted by atomic mass is 10.0. The zero-order valence-electron chi connectivity index (χ0n) is 13.4. The van der Waals surface area contributed by atoms with Gasteiger partial charge in [0.25, 0.3) is 0 Å². The molecule has 0 saturated carbocycles. The van der Waals surface area contributed by atoms with E-state index in [1.807, 2.05) is 30.3 Å². The fraction of sp³-hybridized carbons (Fsp3) is 0.500. The Hall–Kier alpha value is -1.89. The monoisotopic (exact) mass is 338 g/mol. The van der Waals surface area contributed by atoms with Crippen LogP contribution in [-0.4, -0.2) is 49.7 Å². The minimum absolute atomic E-state index is 0.0192. The minimum atomic E-state index is -3.04. The van der Waals surface area contributed by atoms with E-state index in [0.717, 1.165) is 5.56 Å². The largest absolute Gasteiger partial charge is 0.349 e. The summed E-state index contributed by atoms with van der Waals surface area (Å²) in [6, 6.07) is 8.58. The number of nitrogens with zero attached hydrogens (tertiary/aromatic N) is 1. The normalized spacial score (nSPS) is 20.7. The molecule has 1 heterocycles. The van der Waals surface area contributed by atoms with E-state index in [-0.39, 0.29) is 35.8 Å². The van der Waals surface area contributed by atoms with Crippen molar-refractivity contribution in [3.63, 3.8) is 0 Å². The van der Waals surface area contributed by atoms with Crippen molar-refractivity contribution in [2.24, 2.45) is 0 Å². The number of carbonyl (C=O) groups excluding carboxylic acids is 2. The van der Waals surface area contributed by atoms with Gasteiger partial charge in [-0.1, -0.05) is 30.3 Å². The van der Waals surface area contributed by atoms with E-state index in [9.17, 15) is 18.0 Å². The third kappa shape index (κ3) is 4.79. The van der Waals surface area contributed by atoms with E-state index in [1.165, 1.54) is 11.8 Å². The number of hydrogen-bond donors (Lipinski definition) is 1. The van der Waals surface area contributed by atoms with Gasteiger partial charge >= 0.3 is 0 Å². The molecule has 2 amide bonds. The molecule has 23 heavy (non-hydrogen) atoms. The van der Waals surface area contributed by atoms with Crippen molar-refractivity contribution in [1.82, 2.24) is 10.2 Å². The molecule has 1 saturated heterocycles. The van der Waals surface area contributed by atoms with Crippen molar-refractivity contribution in [3.05, 3.63) is 35.9 Å². The summed E-state index contributed by atoms with van der Waals surface area (Å²) in [5.41, 5.74) is 0.850. The quantitative estimate of drug-likeness (QED) is 0.864. The number of sulfone groups is 1. The molecule has 1 aromatic carbocycles. The van der Waals surface area contributed by atoms with Gasteiger partial charge in [-0.25, -0.2) is 8.42 Å². The van der Waals surface area contributed by atoms with Crippen LogP contribution in [0.3, 0.4) is 0 Å². The molecule has 6 nitrogen and oxygen atoms in total. The summed E-state index contributed by atoms with van der Waals surface area (Å²) in [4.78, 5) is 25.4. The zero-order chi connectivity index (χ0) is 17.0. The molecular formula is C16H22N2O4S. The Balaban J connectivity index is 2.07. The summed E-state index contributed by atoms with van der Waals surface area (Å²) < 4.78 is 23.1. The molecule has 1 aromatic rings. The van der Waals surface area contributed by atoms with Gasteiger partial charge in [0, 0.05) is 20.0 Å². The van der Waals surface area contributed by atoms with Crippen molar-refractivity contribution < 1.29 is 18.0 Å². The Kier molecular flexibility index (Phi) is 5.41. The number of nitrogens with one attached hydrogen (secondary N) is 1. The van der Waals surface area contributed by atoms with Gasteiger partial charge in [-0.05, 0) is 12.0 Å². The first-order valence-electron chi connectivity index (χ1n) is 7.56. The van der Waals surface area contributed by atoms with Crippen molar-refractivity contribution in [2.75, 3.05) is 18.6 Å². The highest BCUT2D eigenvalue weighted by Gasteiger charge is 2.33. The molecule has 1 aliphatic heterocycles. The van der Waals surface area contributed by atoms with Gasteiger partial charge in [-0.3, -0.25) is 9.59 Å². The molecule has 2 rings (SSSR count). The Morgan fingerprint density at radius 2 is 1.96 bits per heavy atom. The van der Waals surface area contributed by atoms with E-state index in [2.05, 4.69) is 5.32 Å². The Bertz CT molecular complexity index is 673. The number of hydrogen-bond acceptors (Lipinski definition) is 4. The summed E-state index contributed by atoms with van der Waals surface area (Å²) in [5, 5.41) is 2.78. The van der Waals surface area contributed by atoms with Gasteiger partial charge in [-0.15, -0.1) is 0 Å². The smallest absolute Gasteiger partial charge is 0.225 e. The first kappa shape index (κ1) is 17.5. The zero-order valence-corrected chi connectivity index (χ0v) is 14.2. The number of benzene rings is 1. The second-order valence-corrected chi connectivity index (χ2v) is 8.16. The molecule has 7 heteroatoms. The second-order valence-electron chi connectivity index (χ2n) is 5.93. The molecule has 1 N–H and O–H groups in total. The van der Waals surface area contributed by atoms with Gasteiger partial charge in [0.05, 0.1) is 24.0 Å². The highest BCUT2D eigenvalue weighted by molar-refractivity contribution is 7.91. The van der Waals surface area contributed by atoms with E-state index >= 15 is 0 Å². The molecule has 0 radical (unpaired) electrons. The standard InChI is InChI=1S/C16H22N2O4S/c1-12(19)17-15(13-6-4-3-5-7-13)10-16(20)18(2)14-8-9-23(21,22)11-14/h3-7,14-15H,8-11H2,1-2H3,(H,17,19). The second kappa shape index (κ2) is 7.12. The van der Waals surface area contributed by atoms with Crippen molar-refractivity contribution in [1.29, 1.82) is 0 Å². The topological polar surface area (TPSA) is 83.6 Å². The number of carbonyl (C=O) groups is 2. The minimum Gasteiger partial charge on any atom is -0.349 e. The van der Waals surface area contributed by atoms with Crippen LogP contribution < -0.4 is 5.32 Å². The van der Waals surface area contributed by atoms with Crippen LogP contribution in [0.15, 0.2) is 30.3 Å². The highest BCUT2D eigenvalue weighted by Crippen LogP contribution is 2.21. The van der Waals surface area contributed by atoms with Gasteiger partial charge in [-0.2, -0.15) is 0 Å². The average Bonchev–Trinajstić information content (AvgIpc) is 2.86. The van der Waals surface area contributed by atoms with Crippen LogP contribution in [0.25, 0.3) is 0 Å². The van der Waals surface area contributed by atoms with Crippen LogP contribution in [0.4, 0.5) is 0 Å². The predicted molar refractivity (Wildman–Crippen MR) is 87.4 cm³/mol. The van der Waals surface area contributed by atoms with Crippen molar-refractivity contribution >= 4 is 21.7 Å². The third-order valence-electron chi connectivity index (χ3n) is 4.11. The average molecular weight is 338 g/mol. The lowest BCUT2D eigenvalue weighted by molar-refractivity contribution is -0.132. The maximum Gasteiger partial charge on any atom is 0.225 e. The maximum absolute atomic E-state index is 12.5. The first-order chi connectivity index (χ1) is 10.8. The van der Waals surface area contributed by atoms with Crippen molar-refractivity contribution in [3.8, 4) is 0 Å². The van der Waals surface area contributed by atoms with E-state index in [4.69, 9.17) is 0 Å². The molecule has 0 aliphatic carbocycles. The van der Waals surface area contributed by atoms with Crippen LogP contribution in [0.2, 0.25) is 0 Å². The van der Waals surface area contributed by atoms with Gasteiger partial charge in [0.1, 0.15) is 0 Å². The lowest BCUT2D eigenvalue weighted by Crippen LogP contribution is -2.40. The first-order valence-corrected chi connectivity index (χ1v) is 9.39. The van der Waals surface area contributed by atoms with Gasteiger partial charge in [0.2, 0.25) is 11.8 Å². The van der Waals surface area contributed by atoms with Crippen LogP contribution in [0, 0.1) is 0 Å². The molecule has 2 unspecified atom stereocenters. The highest BCUT2D eigenvalue weighted by atomic mass is 32.2. The van der Waals surface area contributed by atoms with Crippen LogP contribution in [0.5, 0.6) is 0 Å². The van der Waals surface area contributed by atoms with Crippen LogP contribution in [-0.2, 0) is 19.4 Å². The summed E-state index contributed by atoms with van der Waals surface area (Å²) in [6.45, 7) is 1.41. The fourth-order valence-corrected chi connectivity index (χ4v) is 4.56. The summed E-state index contributed by atoms with van der Waals surface area (Å²) in [7, 11) is -1.41. The Labute approximate surface area is 136 Å². The molecule has 1 aliphatic rings. The maximum atomic E-state index is 12.5. The molecule has 0 spiro atoms. The Morgan fingerprint density at radius 3 is 2.48 bits per heavy atom. The fourth-order valence-electron chi connectivity index (χ4n) is 2.79. The molecule has 0 aromatic heterocycles. The van der Waals surface area contributed by atoms with E-state index < -0.39 is 15.9 Å². The van der Waals surface area contributed by atoms with E-state index in [0.29, 0.717) is 6.42 Å². The van der Waals surface area contributed by atoms with Crippen LogP contribution >= 0.6 is 0 Å².